The van der Waals surface area contributed by atoms with E-state index in [0.29, 0.717) is 0 Å². The van der Waals surface area contributed by atoms with Crippen molar-refractivity contribution in [1.29, 1.82) is 0 Å². The van der Waals surface area contributed by atoms with Crippen LogP contribution in [0.4, 0.5) is 0 Å². The van der Waals surface area contributed by atoms with Gasteiger partial charge >= 0.3 is 0 Å². The van der Waals surface area contributed by atoms with Crippen molar-refractivity contribution in [3.05, 3.63) is 158 Å². The minimum atomic E-state index is 0.900. The molecule has 0 aliphatic heterocycles. The summed E-state index contributed by atoms with van der Waals surface area (Å²) in [4.78, 5) is 0. The summed E-state index contributed by atoms with van der Waals surface area (Å²) in [5, 5.41) is 14.5. The van der Waals surface area contributed by atoms with Crippen LogP contribution >= 0.6 is 0 Å². The normalized spacial score (nSPS) is 12.2. The standard InChI is InChI=1S/C46H26O2/c1-2-8-28-21-29(14-13-27(28)7-1)31-16-19-44-40(23-31)41-24-32(17-20-45(41)47-44)30-15-18-35-37(22-30)33-9-3-4-10-34(33)38-25-42-36-11-5-6-12-43(36)48-46(42)26-39(35)38/h1-26H. The summed E-state index contributed by atoms with van der Waals surface area (Å²) in [5.74, 6) is 0. The lowest BCUT2D eigenvalue weighted by atomic mass is 9.91. The molecule has 222 valence electrons. The number of para-hydroxylation sites is 1. The highest BCUT2D eigenvalue weighted by Gasteiger charge is 2.15. The summed E-state index contributed by atoms with van der Waals surface area (Å²) in [6, 6.07) is 56.8. The van der Waals surface area contributed by atoms with Crippen molar-refractivity contribution in [2.45, 2.75) is 0 Å². The first kappa shape index (κ1) is 25.8. The number of hydrogen-bond donors (Lipinski definition) is 0. The predicted molar refractivity (Wildman–Crippen MR) is 202 cm³/mol. The molecule has 0 N–H and O–H groups in total. The van der Waals surface area contributed by atoms with E-state index in [1.807, 2.05) is 12.1 Å². The molecule has 0 aliphatic rings. The van der Waals surface area contributed by atoms with Crippen LogP contribution in [0.3, 0.4) is 0 Å². The molecule has 0 spiro atoms. The van der Waals surface area contributed by atoms with Gasteiger partial charge in [-0.2, -0.15) is 0 Å². The molecule has 48 heavy (non-hydrogen) atoms. The lowest BCUT2D eigenvalue weighted by Crippen LogP contribution is -1.85. The molecule has 9 aromatic carbocycles. The summed E-state index contributed by atoms with van der Waals surface area (Å²) in [7, 11) is 0. The van der Waals surface area contributed by atoms with Crippen molar-refractivity contribution in [2.75, 3.05) is 0 Å². The molecule has 0 radical (unpaired) electrons. The van der Waals surface area contributed by atoms with Crippen LogP contribution in [0, 0.1) is 0 Å². The zero-order valence-electron chi connectivity index (χ0n) is 25.8. The molecule has 2 aromatic heterocycles. The largest absolute Gasteiger partial charge is 0.456 e. The second-order valence-corrected chi connectivity index (χ2v) is 12.9. The Balaban J connectivity index is 1.10. The smallest absolute Gasteiger partial charge is 0.136 e. The Kier molecular flexibility index (Phi) is 5.14. The molecule has 11 aromatic rings. The quantitative estimate of drug-likeness (QED) is 0.182. The van der Waals surface area contributed by atoms with E-state index in [0.717, 1.165) is 43.9 Å². The maximum absolute atomic E-state index is 6.33. The van der Waals surface area contributed by atoms with Crippen LogP contribution in [0.5, 0.6) is 0 Å². The topological polar surface area (TPSA) is 26.3 Å². The first-order valence-corrected chi connectivity index (χ1v) is 16.4. The second kappa shape index (κ2) is 9.57. The average Bonchev–Trinajstić information content (AvgIpc) is 3.71. The first-order valence-electron chi connectivity index (χ1n) is 16.4. The summed E-state index contributed by atoms with van der Waals surface area (Å²) in [6.07, 6.45) is 0. The van der Waals surface area contributed by atoms with Crippen LogP contribution < -0.4 is 0 Å². The lowest BCUT2D eigenvalue weighted by molar-refractivity contribution is 0.669. The van der Waals surface area contributed by atoms with Crippen molar-refractivity contribution in [2.24, 2.45) is 0 Å². The van der Waals surface area contributed by atoms with Crippen LogP contribution in [0.25, 0.3) is 109 Å². The predicted octanol–water partition coefficient (Wildman–Crippen LogP) is 13.4. The van der Waals surface area contributed by atoms with Gasteiger partial charge in [0.1, 0.15) is 22.3 Å². The van der Waals surface area contributed by atoms with E-state index in [1.165, 1.54) is 65.3 Å². The number of hydrogen-bond acceptors (Lipinski definition) is 2. The van der Waals surface area contributed by atoms with E-state index >= 15 is 0 Å². The first-order chi connectivity index (χ1) is 23.7. The van der Waals surface area contributed by atoms with Crippen molar-refractivity contribution < 1.29 is 8.83 Å². The summed E-state index contributed by atoms with van der Waals surface area (Å²) >= 11 is 0. The molecular formula is C46H26O2. The van der Waals surface area contributed by atoms with E-state index in [4.69, 9.17) is 8.83 Å². The number of furan rings is 2. The Labute approximate surface area is 275 Å². The molecule has 11 rings (SSSR count). The molecule has 0 aliphatic carbocycles. The van der Waals surface area contributed by atoms with Gasteiger partial charge in [0, 0.05) is 21.5 Å². The number of fused-ring (bicyclic) bond motifs is 13. The number of benzene rings is 9. The highest BCUT2D eigenvalue weighted by molar-refractivity contribution is 6.28. The molecule has 0 unspecified atom stereocenters. The maximum Gasteiger partial charge on any atom is 0.136 e. The van der Waals surface area contributed by atoms with Crippen molar-refractivity contribution >= 4 is 87.0 Å². The third-order valence-corrected chi connectivity index (χ3v) is 10.2. The minimum absolute atomic E-state index is 0.900. The molecule has 0 bridgehead atoms. The third-order valence-electron chi connectivity index (χ3n) is 10.2. The zero-order valence-corrected chi connectivity index (χ0v) is 25.8. The van der Waals surface area contributed by atoms with Gasteiger partial charge in [-0.15, -0.1) is 0 Å². The van der Waals surface area contributed by atoms with E-state index in [2.05, 4.69) is 146 Å². The van der Waals surface area contributed by atoms with Gasteiger partial charge in [-0.25, -0.2) is 0 Å². The monoisotopic (exact) mass is 610 g/mol. The van der Waals surface area contributed by atoms with Gasteiger partial charge in [-0.3, -0.25) is 0 Å². The summed E-state index contributed by atoms with van der Waals surface area (Å²) < 4.78 is 12.7. The fourth-order valence-corrected chi connectivity index (χ4v) is 7.86. The summed E-state index contributed by atoms with van der Waals surface area (Å²) in [6.45, 7) is 0. The highest BCUT2D eigenvalue weighted by Crippen LogP contribution is 2.42. The molecule has 0 saturated heterocycles. The van der Waals surface area contributed by atoms with E-state index in [1.54, 1.807) is 0 Å². The maximum atomic E-state index is 6.33. The zero-order chi connectivity index (χ0) is 31.3. The van der Waals surface area contributed by atoms with Gasteiger partial charge in [0.2, 0.25) is 0 Å². The van der Waals surface area contributed by atoms with Gasteiger partial charge in [0.25, 0.3) is 0 Å². The Morgan fingerprint density at radius 3 is 1.44 bits per heavy atom. The molecule has 0 fully saturated rings. The Morgan fingerprint density at radius 2 is 0.688 bits per heavy atom. The fourth-order valence-electron chi connectivity index (χ4n) is 7.86. The highest BCUT2D eigenvalue weighted by atomic mass is 16.3. The Hall–Kier alpha value is -6.38. The molecule has 2 heteroatoms. The molecular weight excluding hydrogens is 585 g/mol. The van der Waals surface area contributed by atoms with E-state index < -0.39 is 0 Å². The average molecular weight is 611 g/mol. The van der Waals surface area contributed by atoms with Crippen LogP contribution in [0.2, 0.25) is 0 Å². The molecule has 0 atom stereocenters. The van der Waals surface area contributed by atoms with E-state index in [-0.39, 0.29) is 0 Å². The minimum Gasteiger partial charge on any atom is -0.456 e. The fraction of sp³-hybridized carbons (Fsp3) is 0. The second-order valence-electron chi connectivity index (χ2n) is 12.9. The van der Waals surface area contributed by atoms with Crippen LogP contribution in [0.15, 0.2) is 167 Å². The van der Waals surface area contributed by atoms with E-state index in [9.17, 15) is 0 Å². The van der Waals surface area contributed by atoms with Gasteiger partial charge < -0.3 is 8.83 Å². The van der Waals surface area contributed by atoms with Crippen LogP contribution in [0.1, 0.15) is 0 Å². The number of rotatable bonds is 2. The Morgan fingerprint density at radius 1 is 0.229 bits per heavy atom. The van der Waals surface area contributed by atoms with Crippen LogP contribution in [-0.2, 0) is 0 Å². The SMILES string of the molecule is c1ccc2cc(-c3ccc4oc5ccc(-c6ccc7c(c6)c6ccccc6c6cc8c(cc76)oc6ccccc68)cc5c4c3)ccc2c1. The van der Waals surface area contributed by atoms with Gasteiger partial charge in [0.05, 0.1) is 0 Å². The summed E-state index contributed by atoms with van der Waals surface area (Å²) in [5.41, 5.74) is 8.38. The van der Waals surface area contributed by atoms with Gasteiger partial charge in [-0.05, 0) is 120 Å². The van der Waals surface area contributed by atoms with Crippen LogP contribution in [-0.4, -0.2) is 0 Å². The molecule has 0 saturated carbocycles. The lowest BCUT2D eigenvalue weighted by Gasteiger charge is -2.12. The molecule has 2 heterocycles. The van der Waals surface area contributed by atoms with Crippen molar-refractivity contribution in [1.82, 2.24) is 0 Å². The molecule has 2 nitrogen and oxygen atoms in total. The van der Waals surface area contributed by atoms with Gasteiger partial charge in [0.15, 0.2) is 0 Å². The van der Waals surface area contributed by atoms with Crippen molar-refractivity contribution in [3.63, 3.8) is 0 Å². The van der Waals surface area contributed by atoms with Crippen molar-refractivity contribution in [3.8, 4) is 22.3 Å². The molecule has 0 amide bonds. The third kappa shape index (κ3) is 3.69. The van der Waals surface area contributed by atoms with Gasteiger partial charge in [-0.1, -0.05) is 103 Å². The Bertz CT molecular complexity index is 3120.